The molecule has 5 nitrogen and oxygen atoms in total. The van der Waals surface area contributed by atoms with Gasteiger partial charge in [0.1, 0.15) is 0 Å². The van der Waals surface area contributed by atoms with Gasteiger partial charge in [-0.3, -0.25) is 9.59 Å². The lowest BCUT2D eigenvalue weighted by Crippen LogP contribution is -2.21. The maximum absolute atomic E-state index is 11.9. The number of nitrogens with zero attached hydrogens (tertiary/aromatic N) is 1. The first kappa shape index (κ1) is 19.5. The number of hydrogen-bond acceptors (Lipinski definition) is 5. The minimum atomic E-state index is -0.447. The normalized spacial score (nSPS) is 10.2. The van der Waals surface area contributed by atoms with Crippen LogP contribution in [0.5, 0.6) is 0 Å². The summed E-state index contributed by atoms with van der Waals surface area (Å²) in [6, 6.07) is 23.0. The van der Waals surface area contributed by atoms with Crippen molar-refractivity contribution in [3.05, 3.63) is 72.3 Å². The molecule has 0 saturated carbocycles. The molecule has 6 heteroatoms. The second-order valence-electron chi connectivity index (χ2n) is 6.04. The van der Waals surface area contributed by atoms with Crippen molar-refractivity contribution in [3.8, 4) is 6.07 Å². The van der Waals surface area contributed by atoms with Crippen molar-refractivity contribution >= 4 is 40.1 Å². The molecule has 1 amide bonds. The smallest absolute Gasteiger partial charge is 0.316 e. The number of carbonyl (C=O) groups excluding carboxylic acids is 2. The zero-order chi connectivity index (χ0) is 19.8. The largest absolute Gasteiger partial charge is 0.455 e. The summed E-state index contributed by atoms with van der Waals surface area (Å²) < 4.78 is 5.03. The topological polar surface area (TPSA) is 79.2 Å². The minimum absolute atomic E-state index is 0.133. The molecular formula is C22H18N2O3S. The molecule has 0 spiro atoms. The van der Waals surface area contributed by atoms with E-state index < -0.39 is 11.9 Å². The Hall–Kier alpha value is -3.30. The lowest BCUT2D eigenvalue weighted by atomic mass is 10.1. The number of thioether (sulfide) groups is 1. The number of ether oxygens (including phenoxy) is 1. The molecule has 0 atom stereocenters. The molecule has 3 rings (SSSR count). The van der Waals surface area contributed by atoms with Crippen LogP contribution in [0.3, 0.4) is 0 Å². The number of rotatable bonds is 7. The Morgan fingerprint density at radius 3 is 2.50 bits per heavy atom. The molecule has 0 radical (unpaired) electrons. The second-order valence-corrected chi connectivity index (χ2v) is 7.09. The second kappa shape index (κ2) is 9.58. The van der Waals surface area contributed by atoms with Gasteiger partial charge in [-0.05, 0) is 40.6 Å². The summed E-state index contributed by atoms with van der Waals surface area (Å²) in [5.74, 6) is -0.719. The van der Waals surface area contributed by atoms with Crippen LogP contribution in [-0.4, -0.2) is 24.2 Å². The van der Waals surface area contributed by atoms with E-state index in [2.05, 4.69) is 11.4 Å². The third-order valence-corrected chi connectivity index (χ3v) is 4.93. The zero-order valence-corrected chi connectivity index (χ0v) is 15.9. The first-order valence-electron chi connectivity index (χ1n) is 8.67. The summed E-state index contributed by atoms with van der Waals surface area (Å²) in [5.41, 5.74) is 1.46. The number of nitriles is 1. The summed E-state index contributed by atoms with van der Waals surface area (Å²) in [5, 5.41) is 13.6. The van der Waals surface area contributed by atoms with Gasteiger partial charge in [0, 0.05) is 10.6 Å². The Labute approximate surface area is 167 Å². The Kier molecular flexibility index (Phi) is 6.66. The number of anilines is 1. The summed E-state index contributed by atoms with van der Waals surface area (Å²) in [6.45, 7) is -0.336. The molecular weight excluding hydrogens is 372 g/mol. The van der Waals surface area contributed by atoms with Crippen LogP contribution in [0.1, 0.15) is 5.56 Å². The fourth-order valence-corrected chi connectivity index (χ4v) is 3.32. The van der Waals surface area contributed by atoms with E-state index in [0.29, 0.717) is 12.1 Å². The number of amides is 1. The highest BCUT2D eigenvalue weighted by molar-refractivity contribution is 8.00. The molecule has 0 aromatic heterocycles. The van der Waals surface area contributed by atoms with Gasteiger partial charge in [0.15, 0.2) is 6.61 Å². The van der Waals surface area contributed by atoms with Gasteiger partial charge < -0.3 is 10.1 Å². The number of esters is 1. The predicted molar refractivity (Wildman–Crippen MR) is 110 cm³/mol. The lowest BCUT2D eigenvalue weighted by Gasteiger charge is -2.07. The molecule has 0 unspecified atom stereocenters. The molecule has 3 aromatic rings. The summed E-state index contributed by atoms with van der Waals surface area (Å²) in [4.78, 5) is 24.8. The first-order valence-corrected chi connectivity index (χ1v) is 9.65. The minimum Gasteiger partial charge on any atom is -0.455 e. The average Bonchev–Trinajstić information content (AvgIpc) is 2.72. The molecule has 0 aliphatic rings. The highest BCUT2D eigenvalue weighted by atomic mass is 32.2. The SMILES string of the molecule is N#CCc1ccc(NC(=O)COC(=O)CSc2ccc3ccccc3c2)cc1. The van der Waals surface area contributed by atoms with E-state index in [1.54, 1.807) is 24.3 Å². The summed E-state index contributed by atoms with van der Waals surface area (Å²) >= 11 is 1.37. The van der Waals surface area contributed by atoms with Crippen molar-refractivity contribution in [2.45, 2.75) is 11.3 Å². The van der Waals surface area contributed by atoms with Crippen LogP contribution >= 0.6 is 11.8 Å². The van der Waals surface area contributed by atoms with Gasteiger partial charge in [0.2, 0.25) is 0 Å². The molecule has 0 aliphatic carbocycles. The third-order valence-electron chi connectivity index (χ3n) is 3.96. The summed E-state index contributed by atoms with van der Waals surface area (Å²) in [7, 11) is 0. The van der Waals surface area contributed by atoms with Crippen LogP contribution in [-0.2, 0) is 20.7 Å². The van der Waals surface area contributed by atoms with E-state index in [1.165, 1.54) is 11.8 Å². The molecule has 0 aliphatic heterocycles. The fourth-order valence-electron chi connectivity index (χ4n) is 2.58. The highest BCUT2D eigenvalue weighted by Crippen LogP contribution is 2.23. The van der Waals surface area contributed by atoms with Crippen molar-refractivity contribution in [1.82, 2.24) is 0 Å². The van der Waals surface area contributed by atoms with Crippen LogP contribution in [0.15, 0.2) is 71.6 Å². The van der Waals surface area contributed by atoms with Crippen molar-refractivity contribution < 1.29 is 14.3 Å². The number of hydrogen-bond donors (Lipinski definition) is 1. The molecule has 3 aromatic carbocycles. The van der Waals surface area contributed by atoms with Gasteiger partial charge in [0.05, 0.1) is 18.2 Å². The lowest BCUT2D eigenvalue weighted by molar-refractivity contribution is -0.144. The Morgan fingerprint density at radius 1 is 1.00 bits per heavy atom. The van der Waals surface area contributed by atoms with Gasteiger partial charge in [-0.25, -0.2) is 0 Å². The first-order chi connectivity index (χ1) is 13.6. The number of benzene rings is 3. The molecule has 0 saturated heterocycles. The summed E-state index contributed by atoms with van der Waals surface area (Å²) in [6.07, 6.45) is 0.320. The monoisotopic (exact) mass is 390 g/mol. The van der Waals surface area contributed by atoms with E-state index in [1.807, 2.05) is 42.5 Å². The quantitative estimate of drug-likeness (QED) is 0.484. The fraction of sp³-hybridized carbons (Fsp3) is 0.136. The Balaban J connectivity index is 1.43. The predicted octanol–water partition coefficient (Wildman–Crippen LogP) is 4.18. The number of carbonyl (C=O) groups is 2. The van der Waals surface area contributed by atoms with Gasteiger partial charge in [-0.15, -0.1) is 11.8 Å². The van der Waals surface area contributed by atoms with Gasteiger partial charge in [-0.2, -0.15) is 5.26 Å². The van der Waals surface area contributed by atoms with Crippen LogP contribution in [0.25, 0.3) is 10.8 Å². The molecule has 140 valence electrons. The third kappa shape index (κ3) is 5.60. The van der Waals surface area contributed by atoms with Crippen LogP contribution in [0.2, 0.25) is 0 Å². The molecule has 0 heterocycles. The maximum Gasteiger partial charge on any atom is 0.316 e. The van der Waals surface area contributed by atoms with Gasteiger partial charge in [-0.1, -0.05) is 42.5 Å². The van der Waals surface area contributed by atoms with E-state index in [0.717, 1.165) is 21.2 Å². The molecule has 0 fully saturated rings. The van der Waals surface area contributed by atoms with Gasteiger partial charge in [0.25, 0.3) is 5.91 Å². The Morgan fingerprint density at radius 2 is 1.75 bits per heavy atom. The van der Waals surface area contributed by atoms with Crippen molar-refractivity contribution in [2.75, 3.05) is 17.7 Å². The van der Waals surface area contributed by atoms with Gasteiger partial charge >= 0.3 is 5.97 Å². The van der Waals surface area contributed by atoms with E-state index in [9.17, 15) is 9.59 Å². The maximum atomic E-state index is 11.9. The van der Waals surface area contributed by atoms with Crippen LogP contribution in [0, 0.1) is 11.3 Å². The highest BCUT2D eigenvalue weighted by Gasteiger charge is 2.09. The van der Waals surface area contributed by atoms with Crippen LogP contribution in [0.4, 0.5) is 5.69 Å². The van der Waals surface area contributed by atoms with Crippen molar-refractivity contribution in [2.24, 2.45) is 0 Å². The standard InChI is InChI=1S/C22H18N2O3S/c23-12-11-16-5-8-19(9-6-16)24-21(25)14-27-22(26)15-28-20-10-7-17-3-1-2-4-18(17)13-20/h1-10,13H,11,14-15H2,(H,24,25). The van der Waals surface area contributed by atoms with E-state index in [4.69, 9.17) is 10.00 Å². The van der Waals surface area contributed by atoms with Crippen LogP contribution < -0.4 is 5.32 Å². The van der Waals surface area contributed by atoms with Crippen molar-refractivity contribution in [1.29, 1.82) is 5.26 Å². The molecule has 0 bridgehead atoms. The molecule has 1 N–H and O–H groups in total. The number of fused-ring (bicyclic) bond motifs is 1. The molecule has 28 heavy (non-hydrogen) atoms. The zero-order valence-electron chi connectivity index (χ0n) is 15.1. The Bertz CT molecular complexity index is 1030. The number of nitrogens with one attached hydrogen (secondary N) is 1. The van der Waals surface area contributed by atoms with E-state index in [-0.39, 0.29) is 12.4 Å². The van der Waals surface area contributed by atoms with E-state index >= 15 is 0 Å². The van der Waals surface area contributed by atoms with Crippen molar-refractivity contribution in [3.63, 3.8) is 0 Å². The average molecular weight is 390 g/mol.